The second kappa shape index (κ2) is 12.0. The van der Waals surface area contributed by atoms with Crippen molar-refractivity contribution < 1.29 is 4.74 Å². The summed E-state index contributed by atoms with van der Waals surface area (Å²) in [6.07, 6.45) is 1.25. The maximum Gasteiger partial charge on any atom is 0.188 e. The van der Waals surface area contributed by atoms with Gasteiger partial charge in [-0.3, -0.25) is 4.90 Å². The van der Waals surface area contributed by atoms with Crippen LogP contribution in [0.4, 0.5) is 0 Å². The van der Waals surface area contributed by atoms with E-state index in [9.17, 15) is 0 Å². The quantitative estimate of drug-likeness (QED) is 0.353. The molecule has 2 aromatic carbocycles. The van der Waals surface area contributed by atoms with E-state index in [1.165, 1.54) is 16.7 Å². The fraction of sp³-hybridized carbons (Fsp3) is 0.409. The van der Waals surface area contributed by atoms with Gasteiger partial charge in [-0.05, 0) is 30.0 Å². The van der Waals surface area contributed by atoms with Gasteiger partial charge >= 0.3 is 0 Å². The van der Waals surface area contributed by atoms with E-state index in [0.29, 0.717) is 18.6 Å². The van der Waals surface area contributed by atoms with Crippen molar-refractivity contribution in [3.8, 4) is 0 Å². The van der Waals surface area contributed by atoms with Gasteiger partial charge in [0.15, 0.2) is 5.96 Å². The number of halogens is 1. The van der Waals surface area contributed by atoms with Gasteiger partial charge in [0.1, 0.15) is 0 Å². The van der Waals surface area contributed by atoms with Gasteiger partial charge in [0.2, 0.25) is 0 Å². The fourth-order valence-corrected chi connectivity index (χ4v) is 3.33. The molecule has 1 fully saturated rings. The van der Waals surface area contributed by atoms with Gasteiger partial charge in [-0.25, -0.2) is 4.99 Å². The van der Waals surface area contributed by atoms with E-state index in [4.69, 9.17) is 10.5 Å². The second-order valence-corrected chi connectivity index (χ2v) is 7.10. The lowest BCUT2D eigenvalue weighted by Gasteiger charge is -2.31. The highest BCUT2D eigenvalue weighted by molar-refractivity contribution is 14.0. The molecule has 0 bridgehead atoms. The standard InChI is InChI=1S/C22H30N4O.HI/c1-18-16-26(12-13-27-18)17-21-9-5-8-20(14-21)15-25-22(23)24-11-10-19-6-3-2-4-7-19;/h2-9,14,18H,10-13,15-17H2,1H3,(H3,23,24,25);1H. The zero-order valence-electron chi connectivity index (χ0n) is 16.5. The van der Waals surface area contributed by atoms with Crippen LogP contribution in [-0.2, 0) is 24.2 Å². The number of morpholine rings is 1. The Labute approximate surface area is 185 Å². The molecule has 0 amide bonds. The van der Waals surface area contributed by atoms with Crippen LogP contribution < -0.4 is 11.1 Å². The molecule has 1 unspecified atom stereocenters. The molecule has 0 radical (unpaired) electrons. The number of nitrogens with one attached hydrogen (secondary N) is 1. The number of benzene rings is 2. The smallest absolute Gasteiger partial charge is 0.188 e. The lowest BCUT2D eigenvalue weighted by Crippen LogP contribution is -2.40. The highest BCUT2D eigenvalue weighted by atomic mass is 127. The van der Waals surface area contributed by atoms with Gasteiger partial charge in [-0.1, -0.05) is 54.6 Å². The van der Waals surface area contributed by atoms with Crippen LogP contribution in [0.2, 0.25) is 0 Å². The molecule has 0 aromatic heterocycles. The molecular formula is C22H31IN4O. The molecular weight excluding hydrogens is 463 g/mol. The molecule has 0 spiro atoms. The highest BCUT2D eigenvalue weighted by Crippen LogP contribution is 2.12. The van der Waals surface area contributed by atoms with Crippen molar-refractivity contribution in [1.29, 1.82) is 0 Å². The molecule has 0 saturated carbocycles. The molecule has 0 aliphatic carbocycles. The lowest BCUT2D eigenvalue weighted by molar-refractivity contribution is -0.0212. The molecule has 6 heteroatoms. The molecule has 1 atom stereocenters. The van der Waals surface area contributed by atoms with Crippen LogP contribution in [0.1, 0.15) is 23.6 Å². The Hall–Kier alpha value is -1.64. The maximum atomic E-state index is 6.01. The Bertz CT molecular complexity index is 738. The number of aliphatic imine (C=N–C) groups is 1. The van der Waals surface area contributed by atoms with E-state index in [2.05, 4.69) is 70.7 Å². The maximum absolute atomic E-state index is 6.01. The van der Waals surface area contributed by atoms with Gasteiger partial charge < -0.3 is 15.8 Å². The summed E-state index contributed by atoms with van der Waals surface area (Å²) < 4.78 is 5.61. The number of nitrogens with zero attached hydrogens (tertiary/aromatic N) is 2. The minimum Gasteiger partial charge on any atom is -0.376 e. The minimum absolute atomic E-state index is 0. The number of guanidine groups is 1. The molecule has 3 N–H and O–H groups in total. The van der Waals surface area contributed by atoms with Crippen LogP contribution in [-0.4, -0.2) is 43.2 Å². The molecule has 1 aliphatic rings. The van der Waals surface area contributed by atoms with Crippen LogP contribution in [0.5, 0.6) is 0 Å². The normalized spacial score (nSPS) is 17.8. The first-order valence-corrected chi connectivity index (χ1v) is 9.68. The van der Waals surface area contributed by atoms with Gasteiger partial charge in [-0.2, -0.15) is 0 Å². The first kappa shape index (κ1) is 22.6. The van der Waals surface area contributed by atoms with Crippen LogP contribution >= 0.6 is 24.0 Å². The molecule has 1 heterocycles. The SMILES string of the molecule is CC1CN(Cc2cccc(CN=C(N)NCCc3ccccc3)c2)CCO1.I. The Morgan fingerprint density at radius 1 is 1.14 bits per heavy atom. The van der Waals surface area contributed by atoms with Crippen molar-refractivity contribution in [3.05, 3.63) is 71.3 Å². The average Bonchev–Trinajstić information content (AvgIpc) is 2.68. The van der Waals surface area contributed by atoms with Gasteiger partial charge in [0.25, 0.3) is 0 Å². The topological polar surface area (TPSA) is 62.9 Å². The van der Waals surface area contributed by atoms with Crippen LogP contribution in [0.15, 0.2) is 59.6 Å². The Kier molecular flexibility index (Phi) is 9.73. The minimum atomic E-state index is 0. The Morgan fingerprint density at radius 2 is 1.89 bits per heavy atom. The predicted molar refractivity (Wildman–Crippen MR) is 126 cm³/mol. The predicted octanol–water partition coefficient (Wildman–Crippen LogP) is 3.17. The lowest BCUT2D eigenvalue weighted by atomic mass is 10.1. The molecule has 1 saturated heterocycles. The summed E-state index contributed by atoms with van der Waals surface area (Å²) >= 11 is 0. The third kappa shape index (κ3) is 7.77. The molecule has 152 valence electrons. The third-order valence-electron chi connectivity index (χ3n) is 4.72. The average molecular weight is 494 g/mol. The van der Waals surface area contributed by atoms with E-state index in [0.717, 1.165) is 39.2 Å². The fourth-order valence-electron chi connectivity index (χ4n) is 3.33. The van der Waals surface area contributed by atoms with Crippen LogP contribution in [0.3, 0.4) is 0 Å². The second-order valence-electron chi connectivity index (χ2n) is 7.10. The summed E-state index contributed by atoms with van der Waals surface area (Å²) in [5.41, 5.74) is 9.79. The highest BCUT2D eigenvalue weighted by Gasteiger charge is 2.16. The summed E-state index contributed by atoms with van der Waals surface area (Å²) in [7, 11) is 0. The number of hydrogen-bond donors (Lipinski definition) is 2. The first-order valence-electron chi connectivity index (χ1n) is 9.68. The van der Waals surface area contributed by atoms with Crippen molar-refractivity contribution in [3.63, 3.8) is 0 Å². The van der Waals surface area contributed by atoms with E-state index in [1.54, 1.807) is 0 Å². The zero-order valence-corrected chi connectivity index (χ0v) is 18.8. The molecule has 1 aliphatic heterocycles. The van der Waals surface area contributed by atoms with E-state index >= 15 is 0 Å². The summed E-state index contributed by atoms with van der Waals surface area (Å²) in [5, 5.41) is 3.19. The van der Waals surface area contributed by atoms with E-state index < -0.39 is 0 Å². The van der Waals surface area contributed by atoms with Crippen molar-refractivity contribution in [2.45, 2.75) is 32.5 Å². The third-order valence-corrected chi connectivity index (χ3v) is 4.72. The number of hydrogen-bond acceptors (Lipinski definition) is 3. The number of nitrogens with two attached hydrogens (primary N) is 1. The summed E-state index contributed by atoms with van der Waals surface area (Å²) in [6.45, 7) is 7.26. The van der Waals surface area contributed by atoms with E-state index in [-0.39, 0.29) is 24.0 Å². The summed E-state index contributed by atoms with van der Waals surface area (Å²) in [6, 6.07) is 19.0. The molecule has 28 heavy (non-hydrogen) atoms. The van der Waals surface area contributed by atoms with Crippen LogP contribution in [0, 0.1) is 0 Å². The van der Waals surface area contributed by atoms with Gasteiger partial charge in [0.05, 0.1) is 19.3 Å². The Balaban J connectivity index is 0.00000280. The zero-order chi connectivity index (χ0) is 18.9. The first-order chi connectivity index (χ1) is 13.2. The van der Waals surface area contributed by atoms with Crippen molar-refractivity contribution in [1.82, 2.24) is 10.2 Å². The van der Waals surface area contributed by atoms with E-state index in [1.807, 2.05) is 6.07 Å². The molecule has 3 rings (SSSR count). The van der Waals surface area contributed by atoms with Crippen molar-refractivity contribution in [2.24, 2.45) is 10.7 Å². The van der Waals surface area contributed by atoms with Crippen molar-refractivity contribution >= 4 is 29.9 Å². The monoisotopic (exact) mass is 494 g/mol. The molecule has 2 aromatic rings. The van der Waals surface area contributed by atoms with Crippen molar-refractivity contribution in [2.75, 3.05) is 26.2 Å². The Morgan fingerprint density at radius 3 is 2.68 bits per heavy atom. The number of ether oxygens (including phenoxy) is 1. The summed E-state index contributed by atoms with van der Waals surface area (Å²) in [4.78, 5) is 6.92. The van der Waals surface area contributed by atoms with Gasteiger partial charge in [-0.15, -0.1) is 24.0 Å². The summed E-state index contributed by atoms with van der Waals surface area (Å²) in [5.74, 6) is 0.498. The van der Waals surface area contributed by atoms with Gasteiger partial charge in [0, 0.05) is 26.2 Å². The number of rotatable bonds is 7. The van der Waals surface area contributed by atoms with Crippen LogP contribution in [0.25, 0.3) is 0 Å². The largest absolute Gasteiger partial charge is 0.376 e. The molecule has 5 nitrogen and oxygen atoms in total.